The third-order valence-corrected chi connectivity index (χ3v) is 2.78. The average Bonchev–Trinajstić information content (AvgIpc) is 2.30. The third kappa shape index (κ3) is 4.60. The van der Waals surface area contributed by atoms with Gasteiger partial charge < -0.3 is 5.11 Å². The molecule has 0 spiro atoms. The highest BCUT2D eigenvalue weighted by Crippen LogP contribution is 2.10. The van der Waals surface area contributed by atoms with Crippen molar-refractivity contribution in [2.75, 3.05) is 5.75 Å². The maximum absolute atomic E-state index is 13.3. The normalized spacial score (nSPS) is 9.44. The number of carbonyl (C=O) groups is 2. The summed E-state index contributed by atoms with van der Waals surface area (Å²) in [5.74, 6) is 4.15. The summed E-state index contributed by atoms with van der Waals surface area (Å²) in [4.78, 5) is 21.3. The predicted octanol–water partition coefficient (Wildman–Crippen LogP) is 2.55. The molecular weight excluding hydrogens is 255 g/mol. The van der Waals surface area contributed by atoms with Crippen LogP contribution in [0.5, 0.6) is 0 Å². The van der Waals surface area contributed by atoms with Crippen LogP contribution in [0.25, 0.3) is 0 Å². The number of aromatic carboxylic acids is 1. The fraction of sp³-hybridized carbons (Fsp3) is 0.231. The van der Waals surface area contributed by atoms with E-state index in [0.717, 1.165) is 17.8 Å². The standard InChI is InChI=1S/C13H11FO3S/c1-9(15)18-7-3-2-4-10-8-11(13(16)17)5-6-12(10)14/h5-6,8H,3,7H2,1H3,(H,16,17). The van der Waals surface area contributed by atoms with Crippen LogP contribution in [0.1, 0.15) is 29.3 Å². The number of hydrogen-bond donors (Lipinski definition) is 1. The van der Waals surface area contributed by atoms with Gasteiger partial charge in [-0.05, 0) is 18.2 Å². The van der Waals surface area contributed by atoms with Crippen molar-refractivity contribution in [3.63, 3.8) is 0 Å². The van der Waals surface area contributed by atoms with Crippen LogP contribution in [-0.4, -0.2) is 21.9 Å². The van der Waals surface area contributed by atoms with Crippen LogP contribution in [0.4, 0.5) is 4.39 Å². The zero-order chi connectivity index (χ0) is 13.5. The number of thioether (sulfide) groups is 1. The molecule has 0 saturated heterocycles. The lowest BCUT2D eigenvalue weighted by atomic mass is 10.1. The van der Waals surface area contributed by atoms with Gasteiger partial charge in [-0.15, -0.1) is 0 Å². The van der Waals surface area contributed by atoms with Crippen molar-refractivity contribution in [1.82, 2.24) is 0 Å². The molecule has 0 aromatic heterocycles. The van der Waals surface area contributed by atoms with Crippen molar-refractivity contribution in [2.24, 2.45) is 0 Å². The van der Waals surface area contributed by atoms with Gasteiger partial charge in [-0.3, -0.25) is 4.79 Å². The highest BCUT2D eigenvalue weighted by atomic mass is 32.2. The molecule has 94 valence electrons. The van der Waals surface area contributed by atoms with Crippen molar-refractivity contribution < 1.29 is 19.1 Å². The van der Waals surface area contributed by atoms with E-state index in [2.05, 4.69) is 11.8 Å². The molecule has 0 heterocycles. The number of carboxylic acid groups (broad SMARTS) is 1. The third-order valence-electron chi connectivity index (χ3n) is 1.97. The molecule has 3 nitrogen and oxygen atoms in total. The summed E-state index contributed by atoms with van der Waals surface area (Å²) in [6.07, 6.45) is 0.445. The molecule has 1 rings (SSSR count). The summed E-state index contributed by atoms with van der Waals surface area (Å²) >= 11 is 1.15. The Morgan fingerprint density at radius 3 is 2.78 bits per heavy atom. The molecule has 1 N–H and O–H groups in total. The van der Waals surface area contributed by atoms with E-state index < -0.39 is 11.8 Å². The quantitative estimate of drug-likeness (QED) is 0.674. The van der Waals surface area contributed by atoms with E-state index in [1.807, 2.05) is 0 Å². The first-order valence-corrected chi connectivity index (χ1v) is 6.14. The molecule has 0 bridgehead atoms. The first kappa shape index (κ1) is 14.3. The van der Waals surface area contributed by atoms with Gasteiger partial charge in [0, 0.05) is 19.1 Å². The Bertz CT molecular complexity index is 529. The monoisotopic (exact) mass is 266 g/mol. The Morgan fingerprint density at radius 1 is 1.44 bits per heavy atom. The second-order valence-electron chi connectivity index (χ2n) is 3.39. The molecule has 18 heavy (non-hydrogen) atoms. The maximum atomic E-state index is 13.3. The topological polar surface area (TPSA) is 54.4 Å². The van der Waals surface area contributed by atoms with Crippen molar-refractivity contribution in [3.8, 4) is 11.8 Å². The Balaban J connectivity index is 2.71. The summed E-state index contributed by atoms with van der Waals surface area (Å²) in [5.41, 5.74) is 0.0570. The van der Waals surface area contributed by atoms with Crippen LogP contribution < -0.4 is 0 Å². The average molecular weight is 266 g/mol. The molecular formula is C13H11FO3S. The summed E-state index contributed by atoms with van der Waals surface area (Å²) in [7, 11) is 0. The molecule has 0 aliphatic rings. The van der Waals surface area contributed by atoms with Crippen LogP contribution in [-0.2, 0) is 4.79 Å². The molecule has 0 fully saturated rings. The number of hydrogen-bond acceptors (Lipinski definition) is 3. The van der Waals surface area contributed by atoms with E-state index in [9.17, 15) is 14.0 Å². The number of carbonyl (C=O) groups excluding carboxylic acids is 1. The van der Waals surface area contributed by atoms with Gasteiger partial charge in [0.05, 0.1) is 11.1 Å². The van der Waals surface area contributed by atoms with Gasteiger partial charge in [-0.1, -0.05) is 23.6 Å². The fourth-order valence-electron chi connectivity index (χ4n) is 1.16. The van der Waals surface area contributed by atoms with Crippen molar-refractivity contribution >= 4 is 22.8 Å². The van der Waals surface area contributed by atoms with Crippen LogP contribution in [0.15, 0.2) is 18.2 Å². The fourth-order valence-corrected chi connectivity index (χ4v) is 1.65. The number of rotatable bonds is 3. The van der Waals surface area contributed by atoms with Crippen LogP contribution in [0.3, 0.4) is 0 Å². The number of benzene rings is 1. The summed E-state index contributed by atoms with van der Waals surface area (Å²) in [6, 6.07) is 3.47. The molecule has 0 radical (unpaired) electrons. The first-order chi connectivity index (χ1) is 8.50. The van der Waals surface area contributed by atoms with Gasteiger partial charge in [0.25, 0.3) is 0 Å². The molecule has 1 aromatic carbocycles. The van der Waals surface area contributed by atoms with Crippen molar-refractivity contribution in [3.05, 3.63) is 35.1 Å². The Morgan fingerprint density at radius 2 is 2.17 bits per heavy atom. The molecule has 0 unspecified atom stereocenters. The summed E-state index contributed by atoms with van der Waals surface area (Å²) in [5, 5.41) is 8.77. The largest absolute Gasteiger partial charge is 0.478 e. The minimum absolute atomic E-state index is 0.00110. The maximum Gasteiger partial charge on any atom is 0.335 e. The van der Waals surface area contributed by atoms with Gasteiger partial charge >= 0.3 is 5.97 Å². The second-order valence-corrected chi connectivity index (χ2v) is 4.66. The molecule has 0 saturated carbocycles. The van der Waals surface area contributed by atoms with E-state index >= 15 is 0 Å². The Kier molecular flexibility index (Phi) is 5.40. The van der Waals surface area contributed by atoms with E-state index in [1.54, 1.807) is 0 Å². The van der Waals surface area contributed by atoms with E-state index in [0.29, 0.717) is 12.2 Å². The lowest BCUT2D eigenvalue weighted by Gasteiger charge is -1.97. The molecule has 5 heteroatoms. The molecule has 0 aliphatic heterocycles. The summed E-state index contributed by atoms with van der Waals surface area (Å²) < 4.78 is 13.3. The number of carboxylic acids is 1. The Hall–Kier alpha value is -1.80. The van der Waals surface area contributed by atoms with Crippen LogP contribution in [0, 0.1) is 17.7 Å². The van der Waals surface area contributed by atoms with Crippen LogP contribution >= 0.6 is 11.8 Å². The zero-order valence-electron chi connectivity index (χ0n) is 9.70. The molecule has 0 aliphatic carbocycles. The zero-order valence-corrected chi connectivity index (χ0v) is 10.5. The molecule has 0 atom stereocenters. The van der Waals surface area contributed by atoms with Crippen LogP contribution in [0.2, 0.25) is 0 Å². The first-order valence-electron chi connectivity index (χ1n) is 5.16. The predicted molar refractivity (Wildman–Crippen MR) is 68.0 cm³/mol. The van der Waals surface area contributed by atoms with Gasteiger partial charge in [0.1, 0.15) is 5.82 Å². The lowest BCUT2D eigenvalue weighted by molar-refractivity contribution is -0.109. The van der Waals surface area contributed by atoms with E-state index in [-0.39, 0.29) is 16.2 Å². The minimum Gasteiger partial charge on any atom is -0.478 e. The lowest BCUT2D eigenvalue weighted by Crippen LogP contribution is -1.97. The van der Waals surface area contributed by atoms with Crippen molar-refractivity contribution in [1.29, 1.82) is 0 Å². The smallest absolute Gasteiger partial charge is 0.335 e. The van der Waals surface area contributed by atoms with E-state index in [1.165, 1.54) is 19.1 Å². The van der Waals surface area contributed by atoms with Gasteiger partial charge in [-0.25, -0.2) is 9.18 Å². The van der Waals surface area contributed by atoms with Gasteiger partial charge in [0.2, 0.25) is 0 Å². The van der Waals surface area contributed by atoms with Gasteiger partial charge in [-0.2, -0.15) is 0 Å². The summed E-state index contributed by atoms with van der Waals surface area (Å²) in [6.45, 7) is 1.47. The Labute approximate surface area is 108 Å². The highest BCUT2D eigenvalue weighted by molar-refractivity contribution is 8.13. The highest BCUT2D eigenvalue weighted by Gasteiger charge is 2.06. The second kappa shape index (κ2) is 6.82. The van der Waals surface area contributed by atoms with E-state index in [4.69, 9.17) is 5.11 Å². The molecule has 1 aromatic rings. The van der Waals surface area contributed by atoms with Gasteiger partial charge in [0.15, 0.2) is 5.12 Å². The minimum atomic E-state index is -1.12. The SMILES string of the molecule is CC(=O)SCCC#Cc1cc(C(=O)O)ccc1F. The number of halogens is 1. The molecule has 0 amide bonds. The van der Waals surface area contributed by atoms with Crippen molar-refractivity contribution in [2.45, 2.75) is 13.3 Å².